The van der Waals surface area contributed by atoms with Crippen LogP contribution in [-0.4, -0.2) is 33.4 Å². The van der Waals surface area contributed by atoms with Crippen molar-refractivity contribution in [2.75, 3.05) is 6.61 Å². The summed E-state index contributed by atoms with van der Waals surface area (Å²) in [4.78, 5) is 16.4. The lowest BCUT2D eigenvalue weighted by atomic mass is 10.1. The van der Waals surface area contributed by atoms with Crippen molar-refractivity contribution >= 4 is 5.91 Å². The first-order chi connectivity index (χ1) is 12.7. The molecule has 0 spiro atoms. The zero-order chi connectivity index (χ0) is 17.9. The number of aromatic nitrogens is 3. The normalized spacial score (nSPS) is 16.7. The molecular weight excluding hydrogens is 332 g/mol. The molecule has 132 valence electrons. The van der Waals surface area contributed by atoms with Gasteiger partial charge in [0.25, 0.3) is 5.91 Å². The highest BCUT2D eigenvalue weighted by Crippen LogP contribution is 2.31. The third-order valence-electron chi connectivity index (χ3n) is 4.24. The largest absolute Gasteiger partial charge is 0.485 e. The van der Waals surface area contributed by atoms with E-state index in [-0.39, 0.29) is 18.6 Å². The van der Waals surface area contributed by atoms with Gasteiger partial charge in [0, 0.05) is 0 Å². The molecule has 0 saturated carbocycles. The van der Waals surface area contributed by atoms with Crippen molar-refractivity contribution in [3.63, 3.8) is 0 Å². The summed E-state index contributed by atoms with van der Waals surface area (Å²) < 4.78 is 13.0. The molecular formula is C19H18N4O3. The Morgan fingerprint density at radius 3 is 2.69 bits per heavy atom. The van der Waals surface area contributed by atoms with Crippen molar-refractivity contribution in [2.45, 2.75) is 19.1 Å². The van der Waals surface area contributed by atoms with E-state index in [1.54, 1.807) is 17.1 Å². The molecule has 7 heteroatoms. The predicted octanol–water partition coefficient (Wildman–Crippen LogP) is 2.28. The number of nitrogens with one attached hydrogen (secondary N) is 1. The van der Waals surface area contributed by atoms with Gasteiger partial charge in [-0.15, -0.1) is 0 Å². The molecule has 1 aliphatic heterocycles. The molecule has 26 heavy (non-hydrogen) atoms. The Morgan fingerprint density at radius 1 is 1.19 bits per heavy atom. The van der Waals surface area contributed by atoms with E-state index < -0.39 is 6.10 Å². The predicted molar refractivity (Wildman–Crippen MR) is 94.3 cm³/mol. The fourth-order valence-electron chi connectivity index (χ4n) is 2.80. The van der Waals surface area contributed by atoms with Crippen molar-refractivity contribution in [1.82, 2.24) is 20.1 Å². The molecule has 4 rings (SSSR count). The molecule has 1 N–H and O–H groups in total. The average Bonchev–Trinajstić information content (AvgIpc) is 3.22. The Labute approximate surface area is 150 Å². The summed E-state index contributed by atoms with van der Waals surface area (Å²) in [6, 6.07) is 14.9. The zero-order valence-electron chi connectivity index (χ0n) is 14.2. The molecule has 7 nitrogen and oxygen atoms in total. The fraction of sp³-hybridized carbons (Fsp3) is 0.211. The highest BCUT2D eigenvalue weighted by atomic mass is 16.6. The van der Waals surface area contributed by atoms with Gasteiger partial charge in [-0.25, -0.2) is 9.67 Å². The van der Waals surface area contributed by atoms with Crippen LogP contribution in [0.15, 0.2) is 61.2 Å². The Balaban J connectivity index is 1.40. The number of nitrogens with zero attached hydrogens (tertiary/aromatic N) is 3. The zero-order valence-corrected chi connectivity index (χ0v) is 14.2. The lowest BCUT2D eigenvalue weighted by molar-refractivity contribution is -0.131. The summed E-state index contributed by atoms with van der Waals surface area (Å²) in [5, 5.41) is 7.07. The van der Waals surface area contributed by atoms with Crippen LogP contribution < -0.4 is 14.8 Å². The fourth-order valence-corrected chi connectivity index (χ4v) is 2.80. The SMILES string of the molecule is C[C@@H](NC(=O)[C@H]1COc2ccccc2O1)c1ccc(-n2cncn2)cc1. The average molecular weight is 350 g/mol. The van der Waals surface area contributed by atoms with Crippen molar-refractivity contribution in [1.29, 1.82) is 0 Å². The second kappa shape index (κ2) is 6.87. The molecule has 0 fully saturated rings. The number of benzene rings is 2. The van der Waals surface area contributed by atoms with Crippen LogP contribution in [-0.2, 0) is 4.79 Å². The van der Waals surface area contributed by atoms with E-state index in [4.69, 9.17) is 9.47 Å². The number of hydrogen-bond acceptors (Lipinski definition) is 5. The van der Waals surface area contributed by atoms with Gasteiger partial charge in [0.1, 0.15) is 19.3 Å². The Hall–Kier alpha value is -3.35. The molecule has 2 aromatic carbocycles. The van der Waals surface area contributed by atoms with Gasteiger partial charge in [-0.3, -0.25) is 4.79 Å². The van der Waals surface area contributed by atoms with Crippen LogP contribution in [0.2, 0.25) is 0 Å². The quantitative estimate of drug-likeness (QED) is 0.781. The smallest absolute Gasteiger partial charge is 0.265 e. The molecule has 2 atom stereocenters. The topological polar surface area (TPSA) is 78.3 Å². The number of fused-ring (bicyclic) bond motifs is 1. The minimum Gasteiger partial charge on any atom is -0.485 e. The summed E-state index contributed by atoms with van der Waals surface area (Å²) in [5.74, 6) is 1.05. The van der Waals surface area contributed by atoms with Crippen molar-refractivity contribution < 1.29 is 14.3 Å². The molecule has 0 unspecified atom stereocenters. The van der Waals surface area contributed by atoms with E-state index in [0.717, 1.165) is 11.3 Å². The molecule has 3 aromatic rings. The highest BCUT2D eigenvalue weighted by Gasteiger charge is 2.28. The number of rotatable bonds is 4. The van der Waals surface area contributed by atoms with Crippen LogP contribution in [0, 0.1) is 0 Å². The summed E-state index contributed by atoms with van der Waals surface area (Å²) in [6.45, 7) is 2.13. The van der Waals surface area contributed by atoms with Crippen LogP contribution in [0.3, 0.4) is 0 Å². The third kappa shape index (κ3) is 3.23. The van der Waals surface area contributed by atoms with Gasteiger partial charge in [0.15, 0.2) is 11.5 Å². The highest BCUT2D eigenvalue weighted by molar-refractivity contribution is 5.82. The van der Waals surface area contributed by atoms with Crippen LogP contribution >= 0.6 is 0 Å². The van der Waals surface area contributed by atoms with Crippen molar-refractivity contribution in [2.24, 2.45) is 0 Å². The molecule has 1 aromatic heterocycles. The van der Waals surface area contributed by atoms with E-state index in [1.807, 2.05) is 49.4 Å². The van der Waals surface area contributed by atoms with E-state index in [2.05, 4.69) is 15.4 Å². The molecule has 0 radical (unpaired) electrons. The van der Waals surface area contributed by atoms with Gasteiger partial charge in [-0.2, -0.15) is 5.10 Å². The number of hydrogen-bond donors (Lipinski definition) is 1. The van der Waals surface area contributed by atoms with E-state index in [0.29, 0.717) is 11.5 Å². The maximum absolute atomic E-state index is 12.5. The Kier molecular flexibility index (Phi) is 4.27. The first-order valence-electron chi connectivity index (χ1n) is 8.34. The molecule has 1 amide bonds. The Bertz CT molecular complexity index is 893. The number of carbonyl (C=O) groups is 1. The summed E-state index contributed by atoms with van der Waals surface area (Å²) in [7, 11) is 0. The van der Waals surface area contributed by atoms with Crippen LogP contribution in [0.25, 0.3) is 5.69 Å². The third-order valence-corrected chi connectivity index (χ3v) is 4.24. The summed E-state index contributed by atoms with van der Waals surface area (Å²) in [6.07, 6.45) is 2.46. The number of carbonyl (C=O) groups excluding carboxylic acids is 1. The minimum atomic E-state index is -0.665. The van der Waals surface area contributed by atoms with Gasteiger partial charge in [0.2, 0.25) is 6.10 Å². The van der Waals surface area contributed by atoms with Gasteiger partial charge >= 0.3 is 0 Å². The lowest BCUT2D eigenvalue weighted by Crippen LogP contribution is -2.44. The maximum atomic E-state index is 12.5. The standard InChI is InChI=1S/C19H18N4O3/c1-13(14-6-8-15(9-7-14)23-12-20-11-21-23)22-19(24)18-10-25-16-4-2-3-5-17(16)26-18/h2-9,11-13,18H,10H2,1H3,(H,22,24)/t13-,18-/m1/s1. The summed E-state index contributed by atoms with van der Waals surface area (Å²) >= 11 is 0. The minimum absolute atomic E-state index is 0.159. The van der Waals surface area contributed by atoms with E-state index in [9.17, 15) is 4.79 Å². The molecule has 1 aliphatic rings. The van der Waals surface area contributed by atoms with Gasteiger partial charge in [-0.05, 0) is 36.8 Å². The second-order valence-corrected chi connectivity index (χ2v) is 6.03. The second-order valence-electron chi connectivity index (χ2n) is 6.03. The van der Waals surface area contributed by atoms with Gasteiger partial charge < -0.3 is 14.8 Å². The van der Waals surface area contributed by atoms with Gasteiger partial charge in [0.05, 0.1) is 11.7 Å². The molecule has 0 bridgehead atoms. The number of ether oxygens (including phenoxy) is 2. The molecule has 2 heterocycles. The number of para-hydroxylation sites is 2. The van der Waals surface area contributed by atoms with E-state index in [1.165, 1.54) is 6.33 Å². The molecule has 0 aliphatic carbocycles. The van der Waals surface area contributed by atoms with Crippen LogP contribution in [0.1, 0.15) is 18.5 Å². The maximum Gasteiger partial charge on any atom is 0.265 e. The van der Waals surface area contributed by atoms with Gasteiger partial charge in [-0.1, -0.05) is 24.3 Å². The van der Waals surface area contributed by atoms with Crippen molar-refractivity contribution in [3.8, 4) is 17.2 Å². The summed E-state index contributed by atoms with van der Waals surface area (Å²) in [5.41, 5.74) is 1.89. The number of amides is 1. The van der Waals surface area contributed by atoms with Crippen molar-refractivity contribution in [3.05, 3.63) is 66.7 Å². The lowest BCUT2D eigenvalue weighted by Gasteiger charge is -2.26. The monoisotopic (exact) mass is 350 g/mol. The first-order valence-corrected chi connectivity index (χ1v) is 8.34. The Morgan fingerprint density at radius 2 is 1.96 bits per heavy atom. The van der Waals surface area contributed by atoms with Crippen LogP contribution in [0.4, 0.5) is 0 Å². The van der Waals surface area contributed by atoms with E-state index >= 15 is 0 Å². The molecule has 0 saturated heterocycles. The van der Waals surface area contributed by atoms with Crippen LogP contribution in [0.5, 0.6) is 11.5 Å². The first kappa shape index (κ1) is 16.1.